The van der Waals surface area contributed by atoms with Crippen LogP contribution in [0.15, 0.2) is 0 Å². The highest BCUT2D eigenvalue weighted by atomic mass is 16.6. The van der Waals surface area contributed by atoms with Crippen molar-refractivity contribution >= 4 is 11.9 Å². The fourth-order valence-electron chi connectivity index (χ4n) is 2.45. The Kier molecular flexibility index (Phi) is 7.53. The van der Waals surface area contributed by atoms with Crippen LogP contribution < -0.4 is 0 Å². The van der Waals surface area contributed by atoms with Gasteiger partial charge in [0.15, 0.2) is 0 Å². The van der Waals surface area contributed by atoms with Crippen molar-refractivity contribution in [2.75, 3.05) is 7.11 Å². The van der Waals surface area contributed by atoms with E-state index in [1.807, 2.05) is 6.92 Å². The minimum atomic E-state index is -0.114. The second kappa shape index (κ2) is 8.94. The molecule has 0 aromatic heterocycles. The lowest BCUT2D eigenvalue weighted by molar-refractivity contribution is -0.144. The fraction of sp³-hybridized carbons (Fsp3) is 0.867. The van der Waals surface area contributed by atoms with E-state index in [2.05, 4.69) is 4.74 Å². The standard InChI is InChI=1S/C15H26O4/c1-12-11-13(19-15(12)17)9-7-5-3-4-6-8-10-14(16)18-2/h12-13H,3-11H2,1-2H3. The summed E-state index contributed by atoms with van der Waals surface area (Å²) < 4.78 is 9.86. The lowest BCUT2D eigenvalue weighted by Crippen LogP contribution is -2.06. The molecular formula is C15H26O4. The normalized spacial score (nSPS) is 22.3. The van der Waals surface area contributed by atoms with Crippen LogP contribution in [0.25, 0.3) is 0 Å². The van der Waals surface area contributed by atoms with Crippen LogP contribution in [0.4, 0.5) is 0 Å². The summed E-state index contributed by atoms with van der Waals surface area (Å²) in [5, 5.41) is 0. The molecule has 1 saturated heterocycles. The van der Waals surface area contributed by atoms with Gasteiger partial charge in [-0.25, -0.2) is 0 Å². The lowest BCUT2D eigenvalue weighted by atomic mass is 10.0. The van der Waals surface area contributed by atoms with Crippen LogP contribution in [0.1, 0.15) is 64.7 Å². The van der Waals surface area contributed by atoms with Gasteiger partial charge in [0, 0.05) is 6.42 Å². The van der Waals surface area contributed by atoms with Gasteiger partial charge in [-0.3, -0.25) is 9.59 Å². The molecule has 0 spiro atoms. The number of esters is 2. The van der Waals surface area contributed by atoms with Gasteiger partial charge < -0.3 is 9.47 Å². The molecule has 0 amide bonds. The summed E-state index contributed by atoms with van der Waals surface area (Å²) in [5.74, 6) is -0.0618. The number of methoxy groups -OCH3 is 1. The SMILES string of the molecule is COC(=O)CCCCCCCCC1CC(C)C(=O)O1. The quantitative estimate of drug-likeness (QED) is 0.477. The van der Waals surface area contributed by atoms with Crippen LogP contribution in [0.5, 0.6) is 0 Å². The van der Waals surface area contributed by atoms with Crippen LogP contribution >= 0.6 is 0 Å². The summed E-state index contributed by atoms with van der Waals surface area (Å²) in [5.41, 5.74) is 0. The van der Waals surface area contributed by atoms with Gasteiger partial charge in [0.1, 0.15) is 6.10 Å². The van der Waals surface area contributed by atoms with E-state index in [9.17, 15) is 9.59 Å². The molecule has 110 valence electrons. The third kappa shape index (κ3) is 6.60. The van der Waals surface area contributed by atoms with Crippen molar-refractivity contribution in [3.8, 4) is 0 Å². The van der Waals surface area contributed by atoms with Crippen molar-refractivity contribution in [1.82, 2.24) is 0 Å². The molecule has 1 aliphatic heterocycles. The van der Waals surface area contributed by atoms with Gasteiger partial charge in [-0.15, -0.1) is 0 Å². The van der Waals surface area contributed by atoms with E-state index in [-0.39, 0.29) is 24.0 Å². The number of carbonyl (C=O) groups excluding carboxylic acids is 2. The highest BCUT2D eigenvalue weighted by Crippen LogP contribution is 2.24. The lowest BCUT2D eigenvalue weighted by Gasteiger charge is -2.08. The van der Waals surface area contributed by atoms with E-state index in [1.165, 1.54) is 20.0 Å². The Labute approximate surface area is 115 Å². The minimum Gasteiger partial charge on any atom is -0.469 e. The zero-order valence-electron chi connectivity index (χ0n) is 12.2. The number of carbonyl (C=O) groups is 2. The zero-order valence-corrected chi connectivity index (χ0v) is 12.2. The molecule has 1 heterocycles. The average Bonchev–Trinajstić information content (AvgIpc) is 2.71. The van der Waals surface area contributed by atoms with E-state index in [0.717, 1.165) is 38.5 Å². The summed E-state index contributed by atoms with van der Waals surface area (Å²) in [7, 11) is 1.43. The topological polar surface area (TPSA) is 52.6 Å². The van der Waals surface area contributed by atoms with E-state index >= 15 is 0 Å². The number of hydrogen-bond acceptors (Lipinski definition) is 4. The summed E-state index contributed by atoms with van der Waals surface area (Å²) in [6, 6.07) is 0. The molecule has 4 heteroatoms. The molecule has 0 radical (unpaired) electrons. The van der Waals surface area contributed by atoms with Gasteiger partial charge in [-0.2, -0.15) is 0 Å². The molecule has 0 aromatic carbocycles. The molecule has 1 rings (SSSR count). The maximum absolute atomic E-state index is 11.2. The van der Waals surface area contributed by atoms with Gasteiger partial charge in [0.2, 0.25) is 0 Å². The van der Waals surface area contributed by atoms with Gasteiger partial charge >= 0.3 is 11.9 Å². The highest BCUT2D eigenvalue weighted by Gasteiger charge is 2.30. The van der Waals surface area contributed by atoms with Crippen molar-refractivity contribution < 1.29 is 19.1 Å². The molecule has 2 unspecified atom stereocenters. The van der Waals surface area contributed by atoms with Gasteiger partial charge in [-0.05, 0) is 25.7 Å². The Balaban J connectivity index is 1.87. The Morgan fingerprint density at radius 1 is 1.21 bits per heavy atom. The highest BCUT2D eigenvalue weighted by molar-refractivity contribution is 5.74. The second-order valence-corrected chi connectivity index (χ2v) is 5.43. The molecule has 0 aromatic rings. The molecule has 19 heavy (non-hydrogen) atoms. The van der Waals surface area contributed by atoms with E-state index in [1.54, 1.807) is 0 Å². The van der Waals surface area contributed by atoms with Crippen molar-refractivity contribution in [3.05, 3.63) is 0 Å². The number of hydrogen-bond donors (Lipinski definition) is 0. The van der Waals surface area contributed by atoms with Crippen LogP contribution in [-0.4, -0.2) is 25.2 Å². The first kappa shape index (κ1) is 16.0. The number of ether oxygens (including phenoxy) is 2. The molecule has 1 fully saturated rings. The van der Waals surface area contributed by atoms with E-state index < -0.39 is 0 Å². The minimum absolute atomic E-state index is 0.0344. The number of cyclic esters (lactones) is 1. The monoisotopic (exact) mass is 270 g/mol. The Bertz CT molecular complexity index is 288. The van der Waals surface area contributed by atoms with Crippen LogP contribution in [-0.2, 0) is 19.1 Å². The van der Waals surface area contributed by atoms with Crippen LogP contribution in [0.2, 0.25) is 0 Å². The average molecular weight is 270 g/mol. The van der Waals surface area contributed by atoms with Gasteiger partial charge in [-0.1, -0.05) is 32.6 Å². The van der Waals surface area contributed by atoms with Crippen LogP contribution in [0, 0.1) is 5.92 Å². The maximum atomic E-state index is 11.2. The summed E-state index contributed by atoms with van der Waals surface area (Å²) in [6.45, 7) is 1.93. The maximum Gasteiger partial charge on any atom is 0.309 e. The smallest absolute Gasteiger partial charge is 0.309 e. The molecule has 0 aliphatic carbocycles. The summed E-state index contributed by atoms with van der Waals surface area (Å²) in [4.78, 5) is 22.1. The molecule has 0 N–H and O–H groups in total. The molecule has 0 saturated carbocycles. The Morgan fingerprint density at radius 2 is 1.84 bits per heavy atom. The predicted molar refractivity (Wildman–Crippen MR) is 72.6 cm³/mol. The molecule has 4 nitrogen and oxygen atoms in total. The predicted octanol–water partition coefficient (Wildman–Crippen LogP) is 3.23. The first-order chi connectivity index (χ1) is 9.13. The second-order valence-electron chi connectivity index (χ2n) is 5.43. The van der Waals surface area contributed by atoms with Crippen LogP contribution in [0.3, 0.4) is 0 Å². The largest absolute Gasteiger partial charge is 0.469 e. The van der Waals surface area contributed by atoms with Crippen molar-refractivity contribution in [3.63, 3.8) is 0 Å². The van der Waals surface area contributed by atoms with Crippen molar-refractivity contribution in [2.24, 2.45) is 5.92 Å². The Hall–Kier alpha value is -1.06. The Morgan fingerprint density at radius 3 is 2.42 bits per heavy atom. The van der Waals surface area contributed by atoms with Crippen molar-refractivity contribution in [2.45, 2.75) is 70.8 Å². The van der Waals surface area contributed by atoms with Gasteiger partial charge in [0.05, 0.1) is 13.0 Å². The summed E-state index contributed by atoms with van der Waals surface area (Å²) >= 11 is 0. The first-order valence-electron chi connectivity index (χ1n) is 7.40. The first-order valence-corrected chi connectivity index (χ1v) is 7.40. The zero-order chi connectivity index (χ0) is 14.1. The van der Waals surface area contributed by atoms with E-state index in [4.69, 9.17) is 4.74 Å². The van der Waals surface area contributed by atoms with Gasteiger partial charge in [0.25, 0.3) is 0 Å². The third-order valence-corrected chi connectivity index (χ3v) is 3.69. The number of unbranched alkanes of at least 4 members (excludes halogenated alkanes) is 5. The molecule has 0 bridgehead atoms. The van der Waals surface area contributed by atoms with E-state index in [0.29, 0.717) is 6.42 Å². The number of rotatable bonds is 9. The molecular weight excluding hydrogens is 244 g/mol. The van der Waals surface area contributed by atoms with Crippen molar-refractivity contribution in [1.29, 1.82) is 0 Å². The molecule has 1 aliphatic rings. The summed E-state index contributed by atoms with van der Waals surface area (Å²) in [6.07, 6.45) is 9.25. The third-order valence-electron chi connectivity index (χ3n) is 3.69. The fourth-order valence-corrected chi connectivity index (χ4v) is 2.45. The molecule has 2 atom stereocenters.